The third-order valence-corrected chi connectivity index (χ3v) is 5.50. The van der Waals surface area contributed by atoms with Crippen LogP contribution in [0.4, 0.5) is 0 Å². The van der Waals surface area contributed by atoms with Crippen LogP contribution in [0.25, 0.3) is 9.88 Å². The maximum Gasteiger partial charge on any atom is 0.270 e. The Morgan fingerprint density at radius 1 is 1.36 bits per heavy atom. The van der Waals surface area contributed by atoms with E-state index in [1.54, 1.807) is 11.3 Å². The van der Waals surface area contributed by atoms with Gasteiger partial charge in [-0.1, -0.05) is 6.07 Å². The van der Waals surface area contributed by atoms with Crippen LogP contribution in [0.1, 0.15) is 16.9 Å². The number of rotatable bonds is 6. The number of hydrogen-bond acceptors (Lipinski definition) is 6. The van der Waals surface area contributed by atoms with Crippen molar-refractivity contribution in [1.29, 1.82) is 0 Å². The molecule has 3 heterocycles. The van der Waals surface area contributed by atoms with Gasteiger partial charge in [0.15, 0.2) is 0 Å². The summed E-state index contributed by atoms with van der Waals surface area (Å²) in [6.07, 6.45) is 0.980. The van der Waals surface area contributed by atoms with E-state index in [2.05, 4.69) is 20.5 Å². The second-order valence-corrected chi connectivity index (χ2v) is 7.02. The second-order valence-electron chi connectivity index (χ2n) is 5.22. The minimum atomic E-state index is -0.0700. The van der Waals surface area contributed by atoms with Gasteiger partial charge in [-0.05, 0) is 24.4 Å². The van der Waals surface area contributed by atoms with E-state index >= 15 is 0 Å². The highest BCUT2D eigenvalue weighted by molar-refractivity contribution is 7.20. The molecule has 1 aliphatic rings. The summed E-state index contributed by atoms with van der Waals surface area (Å²) in [5, 5.41) is 11.1. The van der Waals surface area contributed by atoms with Gasteiger partial charge in [-0.3, -0.25) is 4.79 Å². The quantitative estimate of drug-likeness (QED) is 0.791. The van der Waals surface area contributed by atoms with E-state index in [0.29, 0.717) is 12.2 Å². The molecule has 0 radical (unpaired) electrons. The average molecular weight is 336 g/mol. The van der Waals surface area contributed by atoms with Crippen LogP contribution in [0.2, 0.25) is 0 Å². The Morgan fingerprint density at radius 2 is 2.23 bits per heavy atom. The zero-order chi connectivity index (χ0) is 15.2. The van der Waals surface area contributed by atoms with Gasteiger partial charge in [0.05, 0.1) is 4.88 Å². The Balaban J connectivity index is 1.42. The first kappa shape index (κ1) is 15.6. The standard InChI is InChI=1S/C15H20N4OS2/c20-14(17-4-2-7-19-8-5-16-6-9-19)12-11-22-15(18-12)13-3-1-10-21-13/h1,3,10-11,16H,2,4-9H2,(H,17,20). The van der Waals surface area contributed by atoms with Gasteiger partial charge >= 0.3 is 0 Å². The molecule has 1 fully saturated rings. The van der Waals surface area contributed by atoms with Crippen molar-refractivity contribution < 1.29 is 4.79 Å². The van der Waals surface area contributed by atoms with Crippen LogP contribution in [0, 0.1) is 0 Å². The molecule has 2 aromatic heterocycles. The fourth-order valence-corrected chi connectivity index (χ4v) is 4.04. The molecule has 0 unspecified atom stereocenters. The molecule has 3 rings (SSSR count). The summed E-state index contributed by atoms with van der Waals surface area (Å²) in [5.41, 5.74) is 0.524. The van der Waals surface area contributed by atoms with Crippen LogP contribution in [-0.4, -0.2) is 55.1 Å². The van der Waals surface area contributed by atoms with E-state index in [4.69, 9.17) is 0 Å². The monoisotopic (exact) mass is 336 g/mol. The Hall–Kier alpha value is -1.28. The third kappa shape index (κ3) is 4.13. The lowest BCUT2D eigenvalue weighted by Gasteiger charge is -2.26. The van der Waals surface area contributed by atoms with Gasteiger partial charge in [0.25, 0.3) is 5.91 Å². The van der Waals surface area contributed by atoms with Crippen molar-refractivity contribution in [1.82, 2.24) is 20.5 Å². The first-order valence-electron chi connectivity index (χ1n) is 7.53. The Morgan fingerprint density at radius 3 is 3.00 bits per heavy atom. The predicted octanol–water partition coefficient (Wildman–Crippen LogP) is 1.90. The van der Waals surface area contributed by atoms with Crippen LogP contribution >= 0.6 is 22.7 Å². The summed E-state index contributed by atoms with van der Waals surface area (Å²) in [5.74, 6) is -0.0700. The summed E-state index contributed by atoms with van der Waals surface area (Å²) in [6.45, 7) is 6.08. The van der Waals surface area contributed by atoms with E-state index < -0.39 is 0 Å². The van der Waals surface area contributed by atoms with Crippen LogP contribution in [-0.2, 0) is 0 Å². The van der Waals surface area contributed by atoms with Crippen molar-refractivity contribution in [3.05, 3.63) is 28.6 Å². The zero-order valence-corrected chi connectivity index (χ0v) is 14.0. The summed E-state index contributed by atoms with van der Waals surface area (Å²) in [7, 11) is 0. The summed E-state index contributed by atoms with van der Waals surface area (Å²) >= 11 is 3.16. The van der Waals surface area contributed by atoms with Gasteiger partial charge in [-0.25, -0.2) is 4.98 Å². The zero-order valence-electron chi connectivity index (χ0n) is 12.4. The summed E-state index contributed by atoms with van der Waals surface area (Å²) in [4.78, 5) is 20.1. The first-order valence-corrected chi connectivity index (χ1v) is 9.29. The number of thiophene rings is 1. The highest BCUT2D eigenvalue weighted by Crippen LogP contribution is 2.27. The molecule has 0 saturated carbocycles. The highest BCUT2D eigenvalue weighted by atomic mass is 32.1. The van der Waals surface area contributed by atoms with Gasteiger partial charge in [-0.15, -0.1) is 22.7 Å². The Kier molecular flexibility index (Phi) is 5.55. The Bertz CT molecular complexity index is 590. The number of aromatic nitrogens is 1. The van der Waals surface area contributed by atoms with Crippen molar-refractivity contribution in [3.8, 4) is 9.88 Å². The van der Waals surface area contributed by atoms with E-state index in [-0.39, 0.29) is 5.91 Å². The molecule has 0 bridgehead atoms. The van der Waals surface area contributed by atoms with Gasteiger partial charge in [-0.2, -0.15) is 0 Å². The summed E-state index contributed by atoms with van der Waals surface area (Å²) in [6, 6.07) is 4.02. The maximum absolute atomic E-state index is 12.1. The van der Waals surface area contributed by atoms with Crippen LogP contribution in [0.3, 0.4) is 0 Å². The van der Waals surface area contributed by atoms with Gasteiger partial charge < -0.3 is 15.5 Å². The molecule has 0 aromatic carbocycles. The molecular formula is C15H20N4OS2. The number of amides is 1. The number of hydrogen-bond donors (Lipinski definition) is 2. The second kappa shape index (κ2) is 7.82. The lowest BCUT2D eigenvalue weighted by Crippen LogP contribution is -2.44. The average Bonchev–Trinajstić information content (AvgIpc) is 3.22. The molecule has 0 spiro atoms. The largest absolute Gasteiger partial charge is 0.351 e. The van der Waals surface area contributed by atoms with Crippen molar-refractivity contribution in [2.45, 2.75) is 6.42 Å². The van der Waals surface area contributed by atoms with Crippen LogP contribution in [0.5, 0.6) is 0 Å². The normalized spacial score (nSPS) is 15.8. The molecule has 22 heavy (non-hydrogen) atoms. The van der Waals surface area contributed by atoms with Crippen molar-refractivity contribution >= 4 is 28.6 Å². The lowest BCUT2D eigenvalue weighted by atomic mass is 10.3. The first-order chi connectivity index (χ1) is 10.8. The molecule has 1 amide bonds. The molecule has 118 valence electrons. The fourth-order valence-electron chi connectivity index (χ4n) is 2.42. The minimum absolute atomic E-state index is 0.0700. The third-order valence-electron chi connectivity index (χ3n) is 3.62. The van der Waals surface area contributed by atoms with Gasteiger partial charge in [0.2, 0.25) is 0 Å². The van der Waals surface area contributed by atoms with E-state index in [1.807, 2.05) is 22.9 Å². The van der Waals surface area contributed by atoms with Crippen LogP contribution < -0.4 is 10.6 Å². The lowest BCUT2D eigenvalue weighted by molar-refractivity contribution is 0.0947. The molecule has 1 saturated heterocycles. The van der Waals surface area contributed by atoms with E-state index in [9.17, 15) is 4.79 Å². The molecular weight excluding hydrogens is 316 g/mol. The topological polar surface area (TPSA) is 57.3 Å². The number of nitrogens with zero attached hydrogens (tertiary/aromatic N) is 2. The number of carbonyl (C=O) groups excluding carboxylic acids is 1. The van der Waals surface area contributed by atoms with Crippen molar-refractivity contribution in [2.24, 2.45) is 0 Å². The number of thiazole rings is 1. The SMILES string of the molecule is O=C(NCCCN1CCNCC1)c1csc(-c2cccs2)n1. The maximum atomic E-state index is 12.1. The number of piperazine rings is 1. The molecule has 0 aliphatic carbocycles. The van der Waals surface area contributed by atoms with Crippen molar-refractivity contribution in [3.63, 3.8) is 0 Å². The molecule has 0 atom stereocenters. The van der Waals surface area contributed by atoms with Gasteiger partial charge in [0.1, 0.15) is 10.7 Å². The van der Waals surface area contributed by atoms with E-state index in [0.717, 1.165) is 49.0 Å². The minimum Gasteiger partial charge on any atom is -0.351 e. The Labute approximate surface area is 138 Å². The number of carbonyl (C=O) groups is 1. The van der Waals surface area contributed by atoms with Crippen molar-refractivity contribution in [2.75, 3.05) is 39.3 Å². The van der Waals surface area contributed by atoms with E-state index in [1.165, 1.54) is 11.3 Å². The molecule has 2 aromatic rings. The fraction of sp³-hybridized carbons (Fsp3) is 0.467. The smallest absolute Gasteiger partial charge is 0.270 e. The molecule has 2 N–H and O–H groups in total. The van der Waals surface area contributed by atoms with Crippen LogP contribution in [0.15, 0.2) is 22.9 Å². The predicted molar refractivity (Wildman–Crippen MR) is 91.7 cm³/mol. The number of nitrogens with one attached hydrogen (secondary N) is 2. The molecule has 5 nitrogen and oxygen atoms in total. The molecule has 7 heteroatoms. The summed E-state index contributed by atoms with van der Waals surface area (Å²) < 4.78 is 0. The highest BCUT2D eigenvalue weighted by Gasteiger charge is 2.12. The molecule has 1 aliphatic heterocycles. The van der Waals surface area contributed by atoms with Gasteiger partial charge in [0, 0.05) is 38.1 Å².